The molecule has 0 saturated carbocycles. The molecule has 0 aliphatic carbocycles. The molecule has 0 unspecified atom stereocenters. The van der Waals surface area contributed by atoms with Crippen LogP contribution in [-0.4, -0.2) is 23.5 Å². The fraction of sp³-hybridized carbons (Fsp3) is 0.297. The van der Waals surface area contributed by atoms with E-state index in [0.717, 1.165) is 22.4 Å². The Balaban J connectivity index is 0.00000194. The van der Waals surface area contributed by atoms with E-state index in [1.165, 1.54) is 11.1 Å². The second-order valence-corrected chi connectivity index (χ2v) is 7.93. The number of hydrogen-bond acceptors (Lipinski definition) is 3. The molecule has 42 heavy (non-hydrogen) atoms. The van der Waals surface area contributed by atoms with Crippen molar-refractivity contribution < 1.29 is 14.7 Å². The summed E-state index contributed by atoms with van der Waals surface area (Å²) in [6.45, 7) is 16.8. The lowest BCUT2D eigenvalue weighted by molar-refractivity contribution is -0.136. The summed E-state index contributed by atoms with van der Waals surface area (Å²) in [6.07, 6.45) is -0.0980. The second-order valence-electron chi connectivity index (χ2n) is 7.93. The first-order valence-corrected chi connectivity index (χ1v) is 15.2. The third kappa shape index (κ3) is 12.9. The number of carbonyl (C=O) groups is 2. The molecule has 0 aliphatic heterocycles. The number of hydrogen-bond donors (Lipinski definition) is 3. The van der Waals surface area contributed by atoms with Gasteiger partial charge in [0.2, 0.25) is 0 Å². The maximum Gasteiger partial charge on any atom is 0.305 e. The highest BCUT2D eigenvalue weighted by molar-refractivity contribution is 5.94. The van der Waals surface area contributed by atoms with Gasteiger partial charge < -0.3 is 15.7 Å². The Kier molecular flexibility index (Phi) is 20.9. The number of anilines is 1. The molecule has 4 rings (SSSR count). The maximum atomic E-state index is 12.2. The van der Waals surface area contributed by atoms with Crippen LogP contribution in [0.4, 0.5) is 5.69 Å². The molecule has 0 fully saturated rings. The number of carbonyl (C=O) groups excluding carboxylic acids is 1. The largest absolute Gasteiger partial charge is 0.481 e. The number of aliphatic carboxylic acids is 1. The summed E-state index contributed by atoms with van der Waals surface area (Å²) in [6, 6.07) is 34.2. The molecule has 0 aromatic heterocycles. The molecular formula is C37H50N2O3. The highest BCUT2D eigenvalue weighted by atomic mass is 16.4. The zero-order valence-corrected chi connectivity index (χ0v) is 26.7. The molecular weight excluding hydrogens is 520 g/mol. The number of carboxylic acids is 1. The Morgan fingerprint density at radius 2 is 1.10 bits per heavy atom. The molecule has 226 valence electrons. The van der Waals surface area contributed by atoms with Gasteiger partial charge in [-0.15, -0.1) is 0 Å². The van der Waals surface area contributed by atoms with Crippen molar-refractivity contribution in [2.24, 2.45) is 0 Å². The lowest BCUT2D eigenvalue weighted by atomic mass is 9.98. The van der Waals surface area contributed by atoms with Gasteiger partial charge in [0.15, 0.2) is 0 Å². The van der Waals surface area contributed by atoms with E-state index in [1.54, 1.807) is 12.1 Å². The first-order valence-electron chi connectivity index (χ1n) is 15.2. The Morgan fingerprint density at radius 3 is 1.67 bits per heavy atom. The van der Waals surface area contributed by atoms with Crippen LogP contribution in [0.15, 0.2) is 103 Å². The van der Waals surface area contributed by atoms with Crippen molar-refractivity contribution in [3.63, 3.8) is 0 Å². The number of nitrogens with one attached hydrogen (secondary N) is 2. The van der Waals surface area contributed by atoms with Crippen LogP contribution in [0.5, 0.6) is 0 Å². The summed E-state index contributed by atoms with van der Waals surface area (Å²) in [7, 11) is 0. The van der Waals surface area contributed by atoms with Gasteiger partial charge in [0, 0.05) is 24.3 Å². The van der Waals surface area contributed by atoms with Gasteiger partial charge in [-0.2, -0.15) is 0 Å². The van der Waals surface area contributed by atoms with E-state index in [1.807, 2.05) is 97.9 Å². The standard InChI is InChI=1S/C29H26N2O3.4C2H6/c32-28(33)18-19-30-29(34)24-12-10-23(11-13-24)27-9-5-4-8-25(27)20-31-26-16-14-22(15-17-26)21-6-2-1-3-7-21;4*1-2/h1-17,31H,18-20H2,(H,30,34)(H,32,33);4*1-2H3. The van der Waals surface area contributed by atoms with Crippen molar-refractivity contribution in [2.45, 2.75) is 68.4 Å². The van der Waals surface area contributed by atoms with Crippen molar-refractivity contribution >= 4 is 17.6 Å². The minimum absolute atomic E-state index is 0.0980. The summed E-state index contributed by atoms with van der Waals surface area (Å²) in [5, 5.41) is 14.8. The monoisotopic (exact) mass is 570 g/mol. The molecule has 0 saturated heterocycles. The molecule has 5 nitrogen and oxygen atoms in total. The molecule has 0 radical (unpaired) electrons. The third-order valence-corrected chi connectivity index (χ3v) is 5.57. The Hall–Kier alpha value is -4.38. The average Bonchev–Trinajstić information content (AvgIpc) is 3.08. The summed E-state index contributed by atoms with van der Waals surface area (Å²) in [5.74, 6) is -1.21. The van der Waals surface area contributed by atoms with Crippen LogP contribution < -0.4 is 10.6 Å². The summed E-state index contributed by atoms with van der Waals surface area (Å²) in [5.41, 5.74) is 7.17. The van der Waals surface area contributed by atoms with E-state index >= 15 is 0 Å². The van der Waals surface area contributed by atoms with Crippen LogP contribution in [0.2, 0.25) is 0 Å². The lowest BCUT2D eigenvalue weighted by Crippen LogP contribution is -2.25. The van der Waals surface area contributed by atoms with E-state index in [0.29, 0.717) is 12.1 Å². The van der Waals surface area contributed by atoms with Crippen molar-refractivity contribution in [1.29, 1.82) is 0 Å². The predicted octanol–water partition coefficient (Wildman–Crippen LogP) is 9.94. The minimum atomic E-state index is -0.937. The van der Waals surface area contributed by atoms with Gasteiger partial charge in [0.1, 0.15) is 0 Å². The number of amides is 1. The highest BCUT2D eigenvalue weighted by Crippen LogP contribution is 2.26. The summed E-state index contributed by atoms with van der Waals surface area (Å²) < 4.78 is 0. The van der Waals surface area contributed by atoms with E-state index in [4.69, 9.17) is 5.11 Å². The van der Waals surface area contributed by atoms with Gasteiger partial charge >= 0.3 is 5.97 Å². The van der Waals surface area contributed by atoms with Gasteiger partial charge in [-0.1, -0.05) is 134 Å². The Labute approximate surface area is 254 Å². The summed E-state index contributed by atoms with van der Waals surface area (Å²) in [4.78, 5) is 22.8. The molecule has 0 heterocycles. The van der Waals surface area contributed by atoms with Gasteiger partial charge in [-0.3, -0.25) is 9.59 Å². The Morgan fingerprint density at radius 1 is 0.595 bits per heavy atom. The number of benzene rings is 4. The highest BCUT2D eigenvalue weighted by Gasteiger charge is 2.09. The molecule has 4 aromatic rings. The quantitative estimate of drug-likeness (QED) is 0.187. The molecule has 1 amide bonds. The van der Waals surface area contributed by atoms with Crippen LogP contribution in [0.1, 0.15) is 77.7 Å². The molecule has 5 heteroatoms. The smallest absolute Gasteiger partial charge is 0.305 e. The molecule has 0 spiro atoms. The number of carboxylic acid groups (broad SMARTS) is 1. The lowest BCUT2D eigenvalue weighted by Gasteiger charge is -2.13. The SMILES string of the molecule is CC.CC.CC.CC.O=C(O)CCNC(=O)c1ccc(-c2ccccc2CNc2ccc(-c3ccccc3)cc2)cc1. The van der Waals surface area contributed by atoms with Crippen molar-refractivity contribution in [1.82, 2.24) is 5.32 Å². The van der Waals surface area contributed by atoms with Crippen LogP contribution >= 0.6 is 0 Å². The van der Waals surface area contributed by atoms with E-state index < -0.39 is 5.97 Å². The molecule has 4 aromatic carbocycles. The van der Waals surface area contributed by atoms with Crippen molar-refractivity contribution in [3.8, 4) is 22.3 Å². The van der Waals surface area contributed by atoms with Crippen LogP contribution in [0.25, 0.3) is 22.3 Å². The fourth-order valence-electron chi connectivity index (χ4n) is 3.75. The van der Waals surface area contributed by atoms with Gasteiger partial charge in [-0.05, 0) is 52.1 Å². The van der Waals surface area contributed by atoms with E-state index in [9.17, 15) is 9.59 Å². The number of rotatable bonds is 9. The van der Waals surface area contributed by atoms with Crippen LogP contribution in [0.3, 0.4) is 0 Å². The van der Waals surface area contributed by atoms with E-state index in [-0.39, 0.29) is 18.9 Å². The van der Waals surface area contributed by atoms with E-state index in [2.05, 4.69) is 59.2 Å². The maximum absolute atomic E-state index is 12.2. The third-order valence-electron chi connectivity index (χ3n) is 5.57. The van der Waals surface area contributed by atoms with Gasteiger partial charge in [0.25, 0.3) is 5.91 Å². The van der Waals surface area contributed by atoms with Crippen molar-refractivity contribution in [3.05, 3.63) is 114 Å². The molecule has 3 N–H and O–H groups in total. The van der Waals surface area contributed by atoms with Crippen LogP contribution in [-0.2, 0) is 11.3 Å². The molecule has 0 bridgehead atoms. The second kappa shape index (κ2) is 23.3. The normalized spacial score (nSPS) is 9.05. The Bertz CT molecular complexity index is 1250. The first kappa shape index (κ1) is 37.6. The minimum Gasteiger partial charge on any atom is -0.481 e. The first-order chi connectivity index (χ1) is 20.6. The van der Waals surface area contributed by atoms with Gasteiger partial charge in [-0.25, -0.2) is 0 Å². The zero-order chi connectivity index (χ0) is 31.8. The molecule has 0 atom stereocenters. The fourth-order valence-corrected chi connectivity index (χ4v) is 3.75. The van der Waals surface area contributed by atoms with Gasteiger partial charge in [0.05, 0.1) is 6.42 Å². The summed E-state index contributed by atoms with van der Waals surface area (Å²) >= 11 is 0. The van der Waals surface area contributed by atoms with Crippen molar-refractivity contribution in [2.75, 3.05) is 11.9 Å². The zero-order valence-electron chi connectivity index (χ0n) is 26.7. The predicted molar refractivity (Wildman–Crippen MR) is 181 cm³/mol. The average molecular weight is 571 g/mol. The van der Waals surface area contributed by atoms with Crippen LogP contribution in [0, 0.1) is 0 Å². The molecule has 0 aliphatic rings. The topological polar surface area (TPSA) is 78.4 Å².